The van der Waals surface area contributed by atoms with Crippen LogP contribution in [0.2, 0.25) is 0 Å². The zero-order valence-corrected chi connectivity index (χ0v) is 21.0. The summed E-state index contributed by atoms with van der Waals surface area (Å²) in [5.74, 6) is -0.396. The minimum atomic E-state index is -3.70. The third-order valence-electron chi connectivity index (χ3n) is 5.44. The zero-order chi connectivity index (χ0) is 25.6. The van der Waals surface area contributed by atoms with Gasteiger partial charge in [-0.1, -0.05) is 35.9 Å². The zero-order valence-electron chi connectivity index (χ0n) is 20.2. The molecule has 0 aromatic heterocycles. The van der Waals surface area contributed by atoms with Crippen molar-refractivity contribution in [2.24, 2.45) is 0 Å². The van der Waals surface area contributed by atoms with E-state index in [0.717, 1.165) is 22.4 Å². The van der Waals surface area contributed by atoms with Crippen LogP contribution in [0, 0.1) is 20.8 Å². The fourth-order valence-electron chi connectivity index (χ4n) is 3.33. The van der Waals surface area contributed by atoms with Crippen LogP contribution in [0.5, 0.6) is 5.75 Å². The molecular formula is C26H29N3O5S. The molecule has 0 unspecified atom stereocenters. The van der Waals surface area contributed by atoms with Gasteiger partial charge in [-0.25, -0.2) is 8.42 Å². The van der Waals surface area contributed by atoms with E-state index in [4.69, 9.17) is 4.74 Å². The molecule has 35 heavy (non-hydrogen) atoms. The Bertz CT molecular complexity index is 1280. The van der Waals surface area contributed by atoms with Crippen molar-refractivity contribution in [3.8, 4) is 5.75 Å². The van der Waals surface area contributed by atoms with Gasteiger partial charge in [0.1, 0.15) is 5.75 Å². The smallest absolute Gasteiger partial charge is 0.264 e. The second-order valence-electron chi connectivity index (χ2n) is 8.16. The van der Waals surface area contributed by atoms with Crippen LogP contribution in [0.15, 0.2) is 71.6 Å². The number of carbonyl (C=O) groups is 2. The molecule has 9 heteroatoms. The number of rotatable bonds is 9. The van der Waals surface area contributed by atoms with Crippen LogP contribution in [0.25, 0.3) is 0 Å². The van der Waals surface area contributed by atoms with E-state index in [2.05, 4.69) is 10.6 Å². The summed E-state index contributed by atoms with van der Waals surface area (Å²) in [5.41, 5.74) is 4.03. The van der Waals surface area contributed by atoms with Gasteiger partial charge in [0.2, 0.25) is 5.91 Å². The summed E-state index contributed by atoms with van der Waals surface area (Å²) in [7, 11) is -2.23. The van der Waals surface area contributed by atoms with Gasteiger partial charge in [-0.2, -0.15) is 0 Å². The number of nitrogens with zero attached hydrogens (tertiary/aromatic N) is 1. The summed E-state index contributed by atoms with van der Waals surface area (Å²) in [6.45, 7) is 5.22. The molecule has 0 heterocycles. The first-order valence-electron chi connectivity index (χ1n) is 11.0. The molecule has 3 aromatic carbocycles. The Morgan fingerprint density at radius 1 is 0.857 bits per heavy atom. The Labute approximate surface area is 206 Å². The fraction of sp³-hybridized carbons (Fsp3) is 0.231. The highest BCUT2D eigenvalue weighted by molar-refractivity contribution is 7.92. The molecule has 3 rings (SSSR count). The predicted molar refractivity (Wildman–Crippen MR) is 136 cm³/mol. The average molecular weight is 496 g/mol. The largest absolute Gasteiger partial charge is 0.484 e. The maximum absolute atomic E-state index is 12.8. The van der Waals surface area contributed by atoms with Gasteiger partial charge < -0.3 is 15.4 Å². The predicted octanol–water partition coefficient (Wildman–Crippen LogP) is 3.57. The van der Waals surface area contributed by atoms with Gasteiger partial charge in [-0.05, 0) is 68.3 Å². The number of hydrogen-bond donors (Lipinski definition) is 2. The summed E-state index contributed by atoms with van der Waals surface area (Å²) in [4.78, 5) is 24.5. The Hall–Kier alpha value is -3.85. The van der Waals surface area contributed by atoms with Crippen molar-refractivity contribution in [2.45, 2.75) is 25.7 Å². The van der Waals surface area contributed by atoms with Gasteiger partial charge in [0.25, 0.3) is 15.9 Å². The van der Waals surface area contributed by atoms with E-state index >= 15 is 0 Å². The van der Waals surface area contributed by atoms with E-state index in [0.29, 0.717) is 11.4 Å². The van der Waals surface area contributed by atoms with Crippen LogP contribution in [-0.2, 0) is 19.6 Å². The Kier molecular flexibility index (Phi) is 8.14. The van der Waals surface area contributed by atoms with Crippen LogP contribution in [0.4, 0.5) is 11.4 Å². The molecule has 0 fully saturated rings. The Morgan fingerprint density at radius 3 is 2.06 bits per heavy atom. The number of hydrogen-bond acceptors (Lipinski definition) is 5. The highest BCUT2D eigenvalue weighted by atomic mass is 32.2. The lowest BCUT2D eigenvalue weighted by atomic mass is 10.1. The number of para-hydroxylation sites is 1. The topological polar surface area (TPSA) is 105 Å². The second-order valence-corrected chi connectivity index (χ2v) is 10.1. The number of benzene rings is 3. The number of sulfonamides is 1. The lowest BCUT2D eigenvalue weighted by molar-refractivity contribution is -0.125. The number of aryl methyl sites for hydroxylation is 3. The first-order valence-corrected chi connectivity index (χ1v) is 12.4. The van der Waals surface area contributed by atoms with Gasteiger partial charge >= 0.3 is 0 Å². The highest BCUT2D eigenvalue weighted by Crippen LogP contribution is 2.24. The van der Waals surface area contributed by atoms with Crippen molar-refractivity contribution in [3.63, 3.8) is 0 Å². The first kappa shape index (κ1) is 25.8. The first-order chi connectivity index (χ1) is 16.6. The monoisotopic (exact) mass is 495 g/mol. The molecule has 0 aliphatic heterocycles. The number of nitrogens with one attached hydrogen (secondary N) is 2. The molecule has 0 saturated heterocycles. The molecule has 0 spiro atoms. The van der Waals surface area contributed by atoms with Crippen LogP contribution in [0.1, 0.15) is 16.7 Å². The molecule has 184 valence electrons. The molecule has 0 bridgehead atoms. The van der Waals surface area contributed by atoms with Gasteiger partial charge in [-0.15, -0.1) is 0 Å². The average Bonchev–Trinajstić information content (AvgIpc) is 2.84. The molecule has 3 aromatic rings. The second kappa shape index (κ2) is 11.1. The van der Waals surface area contributed by atoms with Crippen LogP contribution in [-0.4, -0.2) is 40.4 Å². The SMILES string of the molecule is Cc1ccc(S(=O)(=O)N(C)c2ccc(OCC(=O)NCC(=O)Nc3c(C)cccc3C)cc2)cc1. The Morgan fingerprint density at radius 2 is 1.46 bits per heavy atom. The van der Waals surface area contributed by atoms with Crippen LogP contribution in [0.3, 0.4) is 0 Å². The van der Waals surface area contributed by atoms with Gasteiger partial charge in [0, 0.05) is 12.7 Å². The van der Waals surface area contributed by atoms with E-state index in [1.165, 1.54) is 11.4 Å². The summed E-state index contributed by atoms with van der Waals surface area (Å²) < 4.78 is 32.3. The lowest BCUT2D eigenvalue weighted by Gasteiger charge is -2.20. The van der Waals surface area contributed by atoms with E-state index in [1.54, 1.807) is 48.5 Å². The van der Waals surface area contributed by atoms with Crippen molar-refractivity contribution in [1.29, 1.82) is 0 Å². The number of ether oxygens (including phenoxy) is 1. The molecular weight excluding hydrogens is 466 g/mol. The van der Waals surface area contributed by atoms with Crippen molar-refractivity contribution in [1.82, 2.24) is 5.32 Å². The summed E-state index contributed by atoms with van der Waals surface area (Å²) >= 11 is 0. The molecule has 2 N–H and O–H groups in total. The molecule has 8 nitrogen and oxygen atoms in total. The van der Waals surface area contributed by atoms with Crippen LogP contribution >= 0.6 is 0 Å². The molecule has 0 saturated carbocycles. The van der Waals surface area contributed by atoms with Gasteiger partial charge in [0.15, 0.2) is 6.61 Å². The highest BCUT2D eigenvalue weighted by Gasteiger charge is 2.21. The van der Waals surface area contributed by atoms with E-state index in [1.807, 2.05) is 39.0 Å². The summed E-state index contributed by atoms with van der Waals surface area (Å²) in [6, 6.07) is 18.7. The summed E-state index contributed by atoms with van der Waals surface area (Å²) in [5, 5.41) is 5.32. The molecule has 0 radical (unpaired) electrons. The number of carbonyl (C=O) groups excluding carboxylic acids is 2. The molecule has 2 amide bonds. The van der Waals surface area contributed by atoms with E-state index < -0.39 is 15.9 Å². The standard InChI is InChI=1S/C26H29N3O5S/c1-18-8-14-23(15-9-18)35(32,33)29(4)21-10-12-22(13-11-21)34-17-25(31)27-16-24(30)28-26-19(2)6-5-7-20(26)3/h5-15H,16-17H2,1-4H3,(H,27,31)(H,28,30). The lowest BCUT2D eigenvalue weighted by Crippen LogP contribution is -2.36. The quantitative estimate of drug-likeness (QED) is 0.472. The number of anilines is 2. The van der Waals surface area contributed by atoms with Crippen molar-refractivity contribution >= 4 is 33.2 Å². The fourth-order valence-corrected chi connectivity index (χ4v) is 4.53. The summed E-state index contributed by atoms with van der Waals surface area (Å²) in [6.07, 6.45) is 0. The molecule has 0 atom stereocenters. The third-order valence-corrected chi connectivity index (χ3v) is 7.24. The molecule has 0 aliphatic carbocycles. The molecule has 0 aliphatic rings. The normalized spacial score (nSPS) is 11.0. The third kappa shape index (κ3) is 6.60. The van der Waals surface area contributed by atoms with Gasteiger partial charge in [-0.3, -0.25) is 13.9 Å². The van der Waals surface area contributed by atoms with Crippen molar-refractivity contribution in [3.05, 3.63) is 83.4 Å². The number of amides is 2. The maximum atomic E-state index is 12.8. The van der Waals surface area contributed by atoms with Crippen LogP contribution < -0.4 is 19.7 Å². The van der Waals surface area contributed by atoms with E-state index in [9.17, 15) is 18.0 Å². The van der Waals surface area contributed by atoms with Gasteiger partial charge in [0.05, 0.1) is 17.1 Å². The maximum Gasteiger partial charge on any atom is 0.264 e. The Balaban J connectivity index is 1.50. The van der Waals surface area contributed by atoms with Crippen molar-refractivity contribution in [2.75, 3.05) is 29.8 Å². The minimum Gasteiger partial charge on any atom is -0.484 e. The van der Waals surface area contributed by atoms with E-state index in [-0.39, 0.29) is 24.0 Å². The van der Waals surface area contributed by atoms with Crippen molar-refractivity contribution < 1.29 is 22.7 Å². The minimum absolute atomic E-state index is 0.184.